The molecule has 0 aliphatic carbocycles. The molecule has 0 aromatic heterocycles. The number of methoxy groups -OCH3 is 1. The van der Waals surface area contributed by atoms with Crippen molar-refractivity contribution in [3.8, 4) is 5.75 Å². The van der Waals surface area contributed by atoms with E-state index in [1.807, 2.05) is 7.05 Å². The third kappa shape index (κ3) is 7.86. The second kappa shape index (κ2) is 13.4. The van der Waals surface area contributed by atoms with Gasteiger partial charge in [0.2, 0.25) is 0 Å². The van der Waals surface area contributed by atoms with Gasteiger partial charge in [-0.05, 0) is 62.9 Å². The number of guanidine groups is 1. The van der Waals surface area contributed by atoms with Crippen molar-refractivity contribution in [2.45, 2.75) is 45.1 Å². The van der Waals surface area contributed by atoms with Crippen molar-refractivity contribution in [1.29, 1.82) is 0 Å². The van der Waals surface area contributed by atoms with Gasteiger partial charge in [-0.15, -0.1) is 0 Å². The highest BCUT2D eigenvalue weighted by atomic mass is 16.5. The second-order valence-corrected chi connectivity index (χ2v) is 7.80. The molecule has 6 nitrogen and oxygen atoms in total. The fourth-order valence-corrected chi connectivity index (χ4v) is 3.98. The molecular weight excluding hydrogens is 364 g/mol. The largest absolute Gasteiger partial charge is 0.497 e. The topological polar surface area (TPSA) is 58.1 Å². The van der Waals surface area contributed by atoms with Crippen molar-refractivity contribution < 1.29 is 9.47 Å². The smallest absolute Gasteiger partial charge is 0.190 e. The highest BCUT2D eigenvalue weighted by Gasteiger charge is 2.30. The molecule has 0 amide bonds. The first-order valence-corrected chi connectivity index (χ1v) is 11.1. The number of likely N-dealkylation sites (tertiary alicyclic amines) is 1. The van der Waals surface area contributed by atoms with Crippen molar-refractivity contribution in [1.82, 2.24) is 15.5 Å². The highest BCUT2D eigenvalue weighted by molar-refractivity contribution is 5.79. The minimum atomic E-state index is 0.409. The summed E-state index contributed by atoms with van der Waals surface area (Å²) in [5.74, 6) is 2.32. The monoisotopic (exact) mass is 404 g/mol. The summed E-state index contributed by atoms with van der Waals surface area (Å²) in [6.45, 7) is 6.77. The van der Waals surface area contributed by atoms with E-state index >= 15 is 0 Å². The molecule has 0 radical (unpaired) electrons. The number of benzene rings is 1. The maximum atomic E-state index is 5.62. The van der Waals surface area contributed by atoms with Crippen LogP contribution in [0.15, 0.2) is 29.3 Å². The van der Waals surface area contributed by atoms with Gasteiger partial charge in [0.1, 0.15) is 5.75 Å². The molecule has 1 heterocycles. The molecule has 0 saturated carbocycles. The Balaban J connectivity index is 1.82. The zero-order valence-corrected chi connectivity index (χ0v) is 18.7. The Morgan fingerprint density at radius 2 is 1.93 bits per heavy atom. The summed E-state index contributed by atoms with van der Waals surface area (Å²) >= 11 is 0. The summed E-state index contributed by atoms with van der Waals surface area (Å²) in [6, 6.07) is 8.93. The summed E-state index contributed by atoms with van der Waals surface area (Å²) < 4.78 is 10.9. The van der Waals surface area contributed by atoms with Gasteiger partial charge < -0.3 is 20.1 Å². The SMILES string of the molecule is CCCCOCCCNC(=NC)NCC1CCCN(C)C1c1ccc(OC)cc1. The van der Waals surface area contributed by atoms with Crippen LogP contribution in [0.3, 0.4) is 0 Å². The number of ether oxygens (including phenoxy) is 2. The number of nitrogens with zero attached hydrogens (tertiary/aromatic N) is 2. The molecule has 2 unspecified atom stereocenters. The predicted octanol–water partition coefficient (Wildman–Crippen LogP) is 3.45. The van der Waals surface area contributed by atoms with E-state index in [-0.39, 0.29) is 0 Å². The lowest BCUT2D eigenvalue weighted by molar-refractivity contribution is 0.122. The van der Waals surface area contributed by atoms with Crippen LogP contribution in [0.4, 0.5) is 0 Å². The van der Waals surface area contributed by atoms with Crippen LogP contribution in [-0.2, 0) is 4.74 Å². The quantitative estimate of drug-likeness (QED) is 0.336. The Morgan fingerprint density at radius 1 is 1.17 bits per heavy atom. The van der Waals surface area contributed by atoms with Crippen molar-refractivity contribution in [2.24, 2.45) is 10.9 Å². The first kappa shape index (κ1) is 23.5. The molecule has 6 heteroatoms. The van der Waals surface area contributed by atoms with Crippen LogP contribution in [0.2, 0.25) is 0 Å². The van der Waals surface area contributed by atoms with Gasteiger partial charge in [-0.25, -0.2) is 0 Å². The van der Waals surface area contributed by atoms with Gasteiger partial charge in [0, 0.05) is 39.4 Å². The number of rotatable bonds is 11. The molecule has 1 aromatic carbocycles. The van der Waals surface area contributed by atoms with Crippen LogP contribution in [0.5, 0.6) is 5.75 Å². The molecule has 2 rings (SSSR count). The standard InChI is InChI=1S/C23H40N4O2/c1-5-6-16-29-17-8-14-25-23(24-2)26-18-20-9-7-15-27(3)22(20)19-10-12-21(28-4)13-11-19/h10-13,20,22H,5-9,14-18H2,1-4H3,(H2,24,25,26). The molecule has 1 aliphatic rings. The van der Waals surface area contributed by atoms with Gasteiger partial charge >= 0.3 is 0 Å². The number of aliphatic imine (C=N–C) groups is 1. The van der Waals surface area contributed by atoms with Gasteiger partial charge in [0.15, 0.2) is 5.96 Å². The minimum absolute atomic E-state index is 0.409. The average Bonchev–Trinajstić information content (AvgIpc) is 2.75. The molecular formula is C23H40N4O2. The van der Waals surface area contributed by atoms with Crippen molar-refractivity contribution in [3.63, 3.8) is 0 Å². The summed E-state index contributed by atoms with van der Waals surface area (Å²) in [6.07, 6.45) is 5.77. The van der Waals surface area contributed by atoms with Gasteiger partial charge in [-0.1, -0.05) is 25.5 Å². The van der Waals surface area contributed by atoms with Crippen LogP contribution in [0.25, 0.3) is 0 Å². The Labute approximate surface area is 177 Å². The highest BCUT2D eigenvalue weighted by Crippen LogP contribution is 2.35. The number of unbranched alkanes of at least 4 members (excludes halogenated alkanes) is 1. The number of nitrogens with one attached hydrogen (secondary N) is 2. The van der Waals surface area contributed by atoms with E-state index in [1.54, 1.807) is 7.11 Å². The van der Waals surface area contributed by atoms with Crippen molar-refractivity contribution in [3.05, 3.63) is 29.8 Å². The summed E-state index contributed by atoms with van der Waals surface area (Å²) in [5, 5.41) is 6.95. The first-order valence-electron chi connectivity index (χ1n) is 11.1. The number of hydrogen-bond donors (Lipinski definition) is 2. The molecule has 29 heavy (non-hydrogen) atoms. The maximum absolute atomic E-state index is 5.62. The van der Waals surface area contributed by atoms with E-state index in [0.717, 1.165) is 57.4 Å². The average molecular weight is 405 g/mol. The molecule has 1 aliphatic heterocycles. The van der Waals surface area contributed by atoms with Crippen LogP contribution in [-0.4, -0.2) is 64.9 Å². The third-order valence-corrected chi connectivity index (χ3v) is 5.62. The maximum Gasteiger partial charge on any atom is 0.190 e. The van der Waals surface area contributed by atoms with E-state index in [9.17, 15) is 0 Å². The van der Waals surface area contributed by atoms with Crippen LogP contribution in [0.1, 0.15) is 50.6 Å². The zero-order valence-electron chi connectivity index (χ0n) is 18.7. The van der Waals surface area contributed by atoms with Gasteiger partial charge in [-0.2, -0.15) is 0 Å². The van der Waals surface area contributed by atoms with Crippen LogP contribution in [0, 0.1) is 5.92 Å². The predicted molar refractivity (Wildman–Crippen MR) is 121 cm³/mol. The second-order valence-electron chi connectivity index (χ2n) is 7.80. The van der Waals surface area contributed by atoms with Crippen LogP contribution < -0.4 is 15.4 Å². The van der Waals surface area contributed by atoms with Gasteiger partial charge in [0.05, 0.1) is 7.11 Å². The number of hydrogen-bond acceptors (Lipinski definition) is 4. The Hall–Kier alpha value is -1.79. The fraction of sp³-hybridized carbons (Fsp3) is 0.696. The number of piperidine rings is 1. The molecule has 1 saturated heterocycles. The lowest BCUT2D eigenvalue weighted by Crippen LogP contribution is -2.45. The van der Waals surface area contributed by atoms with Crippen molar-refractivity contribution in [2.75, 3.05) is 54.1 Å². The van der Waals surface area contributed by atoms with Crippen molar-refractivity contribution >= 4 is 5.96 Å². The molecule has 164 valence electrons. The van der Waals surface area contributed by atoms with E-state index in [1.165, 1.54) is 24.8 Å². The third-order valence-electron chi connectivity index (χ3n) is 5.62. The molecule has 2 atom stereocenters. The molecule has 0 spiro atoms. The Kier molecular flexibility index (Phi) is 10.9. The summed E-state index contributed by atoms with van der Waals surface area (Å²) in [5.41, 5.74) is 1.35. The first-order chi connectivity index (χ1) is 14.2. The van der Waals surface area contributed by atoms with E-state index in [2.05, 4.69) is 58.8 Å². The van der Waals surface area contributed by atoms with Gasteiger partial charge in [-0.3, -0.25) is 9.89 Å². The Morgan fingerprint density at radius 3 is 2.62 bits per heavy atom. The van der Waals surface area contributed by atoms with Crippen LogP contribution >= 0.6 is 0 Å². The van der Waals surface area contributed by atoms with E-state index < -0.39 is 0 Å². The van der Waals surface area contributed by atoms with E-state index in [4.69, 9.17) is 9.47 Å². The fourth-order valence-electron chi connectivity index (χ4n) is 3.98. The molecule has 1 aromatic rings. The van der Waals surface area contributed by atoms with E-state index in [0.29, 0.717) is 12.0 Å². The summed E-state index contributed by atoms with van der Waals surface area (Å²) in [4.78, 5) is 6.86. The molecule has 1 fully saturated rings. The molecule has 0 bridgehead atoms. The Bertz CT molecular complexity index is 591. The molecule has 2 N–H and O–H groups in total. The lowest BCUT2D eigenvalue weighted by Gasteiger charge is -2.40. The lowest BCUT2D eigenvalue weighted by atomic mass is 9.85. The summed E-state index contributed by atoms with van der Waals surface area (Å²) in [7, 11) is 5.78. The zero-order chi connectivity index (χ0) is 20.9. The minimum Gasteiger partial charge on any atom is -0.497 e. The normalized spacial score (nSPS) is 20.5. The van der Waals surface area contributed by atoms with Gasteiger partial charge in [0.25, 0.3) is 0 Å².